The highest BCUT2D eigenvalue weighted by Crippen LogP contribution is 2.38. The predicted octanol–water partition coefficient (Wildman–Crippen LogP) is 1.60. The molecule has 1 fully saturated rings. The minimum Gasteiger partial charge on any atom is -0.315 e. The topological polar surface area (TPSA) is 46.0 Å². The summed E-state index contributed by atoms with van der Waals surface area (Å²) in [6, 6.07) is 0.446. The Labute approximate surface area is 122 Å². The molecule has 0 radical (unpaired) electrons. The average molecular weight is 279 g/mol. The van der Waals surface area contributed by atoms with E-state index < -0.39 is 0 Å². The van der Waals surface area contributed by atoms with Crippen LogP contribution < -0.4 is 5.32 Å². The van der Waals surface area contributed by atoms with Crippen molar-refractivity contribution in [1.82, 2.24) is 25.2 Å². The van der Waals surface area contributed by atoms with Gasteiger partial charge in [0.2, 0.25) is 0 Å². The monoisotopic (exact) mass is 279 g/mol. The van der Waals surface area contributed by atoms with Gasteiger partial charge in [0, 0.05) is 31.2 Å². The Morgan fingerprint density at radius 1 is 1.35 bits per heavy atom. The highest BCUT2D eigenvalue weighted by molar-refractivity contribution is 5.08. The molecule has 0 amide bonds. The molecule has 1 saturated carbocycles. The minimum atomic E-state index is 0.287. The maximum Gasteiger partial charge on any atom is 0.0843 e. The van der Waals surface area contributed by atoms with Crippen molar-refractivity contribution in [3.05, 3.63) is 11.9 Å². The molecule has 1 aromatic heterocycles. The van der Waals surface area contributed by atoms with Gasteiger partial charge < -0.3 is 5.32 Å². The molecule has 2 rings (SSSR count). The summed E-state index contributed by atoms with van der Waals surface area (Å²) in [6.07, 6.45) is 8.27. The molecule has 1 aliphatic carbocycles. The quantitative estimate of drug-likeness (QED) is 0.823. The fourth-order valence-electron chi connectivity index (χ4n) is 3.98. The van der Waals surface area contributed by atoms with E-state index in [0.717, 1.165) is 25.2 Å². The van der Waals surface area contributed by atoms with Crippen LogP contribution in [0, 0.1) is 0 Å². The van der Waals surface area contributed by atoms with E-state index in [-0.39, 0.29) is 5.54 Å². The first-order chi connectivity index (χ1) is 9.66. The van der Waals surface area contributed by atoms with Crippen molar-refractivity contribution in [3.8, 4) is 0 Å². The molecule has 1 heterocycles. The van der Waals surface area contributed by atoms with Gasteiger partial charge >= 0.3 is 0 Å². The summed E-state index contributed by atoms with van der Waals surface area (Å²) < 4.78 is 1.79. The molecule has 0 spiro atoms. The van der Waals surface area contributed by atoms with Crippen molar-refractivity contribution in [3.63, 3.8) is 0 Å². The van der Waals surface area contributed by atoms with Crippen molar-refractivity contribution in [2.24, 2.45) is 7.05 Å². The third kappa shape index (κ3) is 2.88. The molecular weight excluding hydrogens is 250 g/mol. The first-order valence-electron chi connectivity index (χ1n) is 7.93. The molecule has 1 aromatic rings. The van der Waals surface area contributed by atoms with Crippen LogP contribution in [-0.2, 0) is 13.5 Å². The second-order valence-corrected chi connectivity index (χ2v) is 5.91. The van der Waals surface area contributed by atoms with E-state index in [2.05, 4.69) is 41.4 Å². The van der Waals surface area contributed by atoms with Gasteiger partial charge in [-0.3, -0.25) is 9.58 Å². The summed E-state index contributed by atoms with van der Waals surface area (Å²) in [4.78, 5) is 2.65. The highest BCUT2D eigenvalue weighted by atomic mass is 15.4. The SMILES string of the molecule is CCN(CC)C1(C(Cc2cn(C)nn2)NC)CCCC1. The summed E-state index contributed by atoms with van der Waals surface area (Å²) in [5.74, 6) is 0. The largest absolute Gasteiger partial charge is 0.315 e. The Morgan fingerprint density at radius 3 is 2.45 bits per heavy atom. The second kappa shape index (κ2) is 6.68. The van der Waals surface area contributed by atoms with Crippen LogP contribution in [0.25, 0.3) is 0 Å². The normalized spacial score (nSPS) is 19.6. The lowest BCUT2D eigenvalue weighted by molar-refractivity contribution is 0.0655. The van der Waals surface area contributed by atoms with Gasteiger partial charge in [-0.15, -0.1) is 5.10 Å². The fraction of sp³-hybridized carbons (Fsp3) is 0.867. The number of hydrogen-bond donors (Lipinski definition) is 1. The second-order valence-electron chi connectivity index (χ2n) is 5.91. The lowest BCUT2D eigenvalue weighted by atomic mass is 9.83. The van der Waals surface area contributed by atoms with Gasteiger partial charge in [-0.2, -0.15) is 0 Å². The molecule has 0 saturated heterocycles. The van der Waals surface area contributed by atoms with E-state index in [4.69, 9.17) is 0 Å². The number of hydrogen-bond acceptors (Lipinski definition) is 4. The van der Waals surface area contributed by atoms with Crippen molar-refractivity contribution in [2.45, 2.75) is 57.5 Å². The molecule has 114 valence electrons. The van der Waals surface area contributed by atoms with Gasteiger partial charge in [0.05, 0.1) is 5.69 Å². The number of nitrogens with zero attached hydrogens (tertiary/aromatic N) is 4. The van der Waals surface area contributed by atoms with Gasteiger partial charge in [0.15, 0.2) is 0 Å². The van der Waals surface area contributed by atoms with Crippen LogP contribution in [0.2, 0.25) is 0 Å². The minimum absolute atomic E-state index is 0.287. The molecule has 1 atom stereocenters. The molecule has 0 aliphatic heterocycles. The van der Waals surface area contributed by atoms with Gasteiger partial charge in [0.25, 0.3) is 0 Å². The smallest absolute Gasteiger partial charge is 0.0843 e. The Hall–Kier alpha value is -0.940. The molecule has 0 bridgehead atoms. The molecule has 20 heavy (non-hydrogen) atoms. The van der Waals surface area contributed by atoms with Crippen LogP contribution >= 0.6 is 0 Å². The first-order valence-corrected chi connectivity index (χ1v) is 7.93. The maximum atomic E-state index is 4.27. The molecular formula is C15H29N5. The summed E-state index contributed by atoms with van der Waals surface area (Å²) >= 11 is 0. The summed E-state index contributed by atoms with van der Waals surface area (Å²) in [7, 11) is 4.02. The fourth-order valence-corrected chi connectivity index (χ4v) is 3.98. The van der Waals surface area contributed by atoms with Crippen molar-refractivity contribution >= 4 is 0 Å². The predicted molar refractivity (Wildman–Crippen MR) is 81.7 cm³/mol. The van der Waals surface area contributed by atoms with E-state index in [0.29, 0.717) is 6.04 Å². The Balaban J connectivity index is 2.21. The number of aryl methyl sites for hydroxylation is 1. The zero-order chi connectivity index (χ0) is 14.6. The lowest BCUT2D eigenvalue weighted by Gasteiger charge is -2.46. The van der Waals surface area contributed by atoms with Gasteiger partial charge in [0.1, 0.15) is 0 Å². The molecule has 1 aliphatic rings. The van der Waals surface area contributed by atoms with E-state index in [1.165, 1.54) is 25.7 Å². The van der Waals surface area contributed by atoms with Crippen molar-refractivity contribution in [2.75, 3.05) is 20.1 Å². The van der Waals surface area contributed by atoms with E-state index in [9.17, 15) is 0 Å². The van der Waals surface area contributed by atoms with E-state index in [1.54, 1.807) is 4.68 Å². The van der Waals surface area contributed by atoms with Gasteiger partial charge in [-0.25, -0.2) is 0 Å². The van der Waals surface area contributed by atoms with Gasteiger partial charge in [-0.05, 0) is 33.0 Å². The van der Waals surface area contributed by atoms with E-state index in [1.807, 2.05) is 13.2 Å². The summed E-state index contributed by atoms with van der Waals surface area (Å²) in [5, 5.41) is 11.9. The Kier molecular flexibility index (Phi) is 5.16. The Bertz CT molecular complexity index is 404. The molecule has 0 aromatic carbocycles. The average Bonchev–Trinajstić information content (AvgIpc) is 3.07. The van der Waals surface area contributed by atoms with E-state index >= 15 is 0 Å². The van der Waals surface area contributed by atoms with Crippen LogP contribution in [0.5, 0.6) is 0 Å². The lowest BCUT2D eigenvalue weighted by Crippen LogP contribution is -2.60. The molecule has 1 unspecified atom stereocenters. The van der Waals surface area contributed by atoms with Crippen molar-refractivity contribution < 1.29 is 0 Å². The molecule has 1 N–H and O–H groups in total. The number of likely N-dealkylation sites (N-methyl/N-ethyl adjacent to an activating group) is 2. The Morgan fingerprint density at radius 2 is 2.00 bits per heavy atom. The zero-order valence-corrected chi connectivity index (χ0v) is 13.4. The number of rotatable bonds is 7. The van der Waals surface area contributed by atoms with Crippen LogP contribution in [0.15, 0.2) is 6.20 Å². The van der Waals surface area contributed by atoms with Crippen LogP contribution in [0.4, 0.5) is 0 Å². The number of aromatic nitrogens is 3. The third-order valence-corrected chi connectivity index (χ3v) is 4.92. The van der Waals surface area contributed by atoms with Gasteiger partial charge in [-0.1, -0.05) is 31.9 Å². The van der Waals surface area contributed by atoms with Crippen LogP contribution in [-0.4, -0.2) is 51.6 Å². The van der Waals surface area contributed by atoms with Crippen molar-refractivity contribution in [1.29, 1.82) is 0 Å². The maximum absolute atomic E-state index is 4.27. The molecule has 5 nitrogen and oxygen atoms in total. The van der Waals surface area contributed by atoms with Crippen LogP contribution in [0.3, 0.4) is 0 Å². The first kappa shape index (κ1) is 15.4. The third-order valence-electron chi connectivity index (χ3n) is 4.92. The zero-order valence-electron chi connectivity index (χ0n) is 13.4. The highest BCUT2D eigenvalue weighted by Gasteiger charge is 2.44. The summed E-state index contributed by atoms with van der Waals surface area (Å²) in [6.45, 7) is 6.79. The summed E-state index contributed by atoms with van der Waals surface area (Å²) in [5.41, 5.74) is 1.38. The molecule has 5 heteroatoms. The number of nitrogens with one attached hydrogen (secondary N) is 1. The standard InChI is InChI=1S/C15H29N5/c1-5-20(6-2)15(9-7-8-10-15)14(16-3)11-13-12-19(4)18-17-13/h12,14,16H,5-11H2,1-4H3. The van der Waals surface area contributed by atoms with Crippen LogP contribution in [0.1, 0.15) is 45.2 Å².